The van der Waals surface area contributed by atoms with Crippen LogP contribution >= 0.6 is 10.7 Å². The van der Waals surface area contributed by atoms with Gasteiger partial charge in [-0.15, -0.1) is 0 Å². The zero-order chi connectivity index (χ0) is 19.4. The van der Waals surface area contributed by atoms with Crippen LogP contribution in [0.5, 0.6) is 5.75 Å². The molecule has 7 heteroatoms. The van der Waals surface area contributed by atoms with Crippen molar-refractivity contribution in [2.45, 2.75) is 56.3 Å². The lowest BCUT2D eigenvalue weighted by Crippen LogP contribution is -2.50. The molecule has 1 atom stereocenters. The lowest BCUT2D eigenvalue weighted by molar-refractivity contribution is 0.0490. The average molecular weight is 394 g/mol. The van der Waals surface area contributed by atoms with Gasteiger partial charge in [-0.05, 0) is 57.9 Å². The van der Waals surface area contributed by atoms with Gasteiger partial charge in [0.2, 0.25) is 0 Å². The molecule has 2 saturated heterocycles. The zero-order valence-corrected chi connectivity index (χ0v) is 17.3. The smallest absolute Gasteiger partial charge is 0.407 e. The van der Waals surface area contributed by atoms with Crippen molar-refractivity contribution >= 4 is 22.6 Å². The second-order valence-corrected chi connectivity index (χ2v) is 9.80. The van der Waals surface area contributed by atoms with E-state index in [4.69, 9.17) is 9.47 Å². The van der Waals surface area contributed by atoms with Crippen molar-refractivity contribution in [3.05, 3.63) is 24.3 Å². The lowest BCUT2D eigenvalue weighted by atomic mass is 10.1. The Kier molecular flexibility index (Phi) is 6.44. The van der Waals surface area contributed by atoms with Gasteiger partial charge in [-0.3, -0.25) is 4.31 Å². The number of nitrogens with one attached hydrogen (secondary N) is 2. The molecule has 0 bridgehead atoms. The highest BCUT2D eigenvalue weighted by Gasteiger charge is 2.25. The Morgan fingerprint density at radius 3 is 2.37 bits per heavy atom. The Morgan fingerprint density at radius 2 is 1.85 bits per heavy atom. The third kappa shape index (κ3) is 5.96. The van der Waals surface area contributed by atoms with Crippen LogP contribution in [0.25, 0.3) is 0 Å². The summed E-state index contributed by atoms with van der Waals surface area (Å²) < 4.78 is 13.6. The summed E-state index contributed by atoms with van der Waals surface area (Å²) in [6.45, 7) is 9.31. The van der Waals surface area contributed by atoms with E-state index >= 15 is 0 Å². The van der Waals surface area contributed by atoms with Gasteiger partial charge in [0.1, 0.15) is 17.5 Å². The second-order valence-electron chi connectivity index (χ2n) is 8.08. The molecule has 1 unspecified atom stereocenters. The van der Waals surface area contributed by atoms with Gasteiger partial charge in [-0.2, -0.15) is 0 Å². The molecule has 1 aromatic carbocycles. The normalized spacial score (nSPS) is 20.6. The molecule has 0 aromatic heterocycles. The summed E-state index contributed by atoms with van der Waals surface area (Å²) in [5.41, 5.74) is -0.463. The maximum absolute atomic E-state index is 11.9. The van der Waals surface area contributed by atoms with Gasteiger partial charge < -0.3 is 20.1 Å². The van der Waals surface area contributed by atoms with Gasteiger partial charge >= 0.3 is 6.09 Å². The first-order chi connectivity index (χ1) is 12.8. The Labute approximate surface area is 164 Å². The molecule has 0 spiro atoms. The van der Waals surface area contributed by atoms with Crippen LogP contribution in [0.2, 0.25) is 0 Å². The number of ether oxygens (including phenoxy) is 2. The van der Waals surface area contributed by atoms with Crippen molar-refractivity contribution in [3.63, 3.8) is 0 Å². The number of carbonyl (C=O) groups is 1. The van der Waals surface area contributed by atoms with Gasteiger partial charge in [0.25, 0.3) is 0 Å². The number of alkyl carbamates (subject to hydrolysis) is 1. The Morgan fingerprint density at radius 1 is 1.22 bits per heavy atom. The van der Waals surface area contributed by atoms with Crippen LogP contribution in [0.4, 0.5) is 4.79 Å². The Hall–Kier alpha value is -1.57. The van der Waals surface area contributed by atoms with Gasteiger partial charge in [0.05, 0.1) is 0 Å². The van der Waals surface area contributed by atoms with Crippen molar-refractivity contribution in [3.8, 4) is 5.75 Å². The van der Waals surface area contributed by atoms with E-state index in [1.54, 1.807) is 0 Å². The molecule has 2 aliphatic heterocycles. The monoisotopic (exact) mass is 393 g/mol. The van der Waals surface area contributed by atoms with E-state index in [0.29, 0.717) is 6.10 Å². The number of amides is 1. The predicted molar refractivity (Wildman–Crippen MR) is 111 cm³/mol. The first-order valence-electron chi connectivity index (χ1n) is 9.56. The molecule has 27 heavy (non-hydrogen) atoms. The molecule has 0 aliphatic carbocycles. The fraction of sp³-hybridized carbons (Fsp3) is 0.600. The third-order valence-corrected chi connectivity index (χ3v) is 6.43. The fourth-order valence-electron chi connectivity index (χ4n) is 3.06. The van der Waals surface area contributed by atoms with E-state index < -0.39 is 5.60 Å². The fourth-order valence-corrected chi connectivity index (χ4v) is 4.46. The molecule has 2 aliphatic rings. The number of benzene rings is 1. The van der Waals surface area contributed by atoms with Crippen LogP contribution in [0.15, 0.2) is 29.2 Å². The number of piperidine rings is 1. The minimum atomic E-state index is -0.463. The largest absolute Gasteiger partial charge is 0.488 e. The number of carbonyl (C=O) groups excluding carboxylic acids is 1. The maximum Gasteiger partial charge on any atom is 0.407 e. The van der Waals surface area contributed by atoms with E-state index in [1.807, 2.05) is 32.9 Å². The van der Waals surface area contributed by atoms with Crippen LogP contribution in [0.1, 0.15) is 33.6 Å². The highest BCUT2D eigenvalue weighted by molar-refractivity contribution is 8.12. The molecule has 150 valence electrons. The molecule has 6 nitrogen and oxygen atoms in total. The summed E-state index contributed by atoms with van der Waals surface area (Å²) in [5, 5.41) is 6.19. The van der Waals surface area contributed by atoms with Crippen molar-refractivity contribution in [1.29, 1.82) is 0 Å². The van der Waals surface area contributed by atoms with Crippen molar-refractivity contribution < 1.29 is 14.3 Å². The molecule has 1 amide bonds. The predicted octanol–water partition coefficient (Wildman–Crippen LogP) is 3.00. The zero-order valence-electron chi connectivity index (χ0n) is 16.5. The Balaban J connectivity index is 1.46. The van der Waals surface area contributed by atoms with Crippen LogP contribution in [-0.2, 0) is 4.74 Å². The molecule has 0 saturated carbocycles. The van der Waals surface area contributed by atoms with Crippen molar-refractivity contribution in [1.82, 2.24) is 14.9 Å². The average Bonchev–Trinajstić information content (AvgIpc) is 2.57. The summed E-state index contributed by atoms with van der Waals surface area (Å²) >= 11 is 0. The summed E-state index contributed by atoms with van der Waals surface area (Å²) in [4.78, 5) is 13.1. The minimum Gasteiger partial charge on any atom is -0.488 e. The second kappa shape index (κ2) is 8.63. The van der Waals surface area contributed by atoms with E-state index in [-0.39, 0.29) is 22.8 Å². The van der Waals surface area contributed by atoms with E-state index in [2.05, 4.69) is 32.9 Å². The lowest BCUT2D eigenvalue weighted by Gasteiger charge is -2.34. The molecular weight excluding hydrogens is 362 g/mol. The summed E-state index contributed by atoms with van der Waals surface area (Å²) in [6.07, 6.45) is 1.79. The van der Waals surface area contributed by atoms with Crippen LogP contribution in [-0.4, -0.2) is 60.2 Å². The van der Waals surface area contributed by atoms with Gasteiger partial charge in [-0.25, -0.2) is 4.79 Å². The van der Waals surface area contributed by atoms with E-state index in [0.717, 1.165) is 44.8 Å². The van der Waals surface area contributed by atoms with Gasteiger partial charge in [-0.1, -0.05) is 16.5 Å². The van der Waals surface area contributed by atoms with Gasteiger partial charge in [0, 0.05) is 37.1 Å². The van der Waals surface area contributed by atoms with Crippen LogP contribution in [0.3, 0.4) is 0 Å². The van der Waals surface area contributed by atoms with Crippen molar-refractivity contribution in [2.75, 3.05) is 26.2 Å². The molecular formula is C20H31N3O3S. The molecule has 3 rings (SSSR count). The topological polar surface area (TPSA) is 62.8 Å². The van der Waals surface area contributed by atoms with Gasteiger partial charge in [0.15, 0.2) is 0 Å². The molecule has 0 radical (unpaired) electrons. The van der Waals surface area contributed by atoms with E-state index in [1.165, 1.54) is 4.90 Å². The molecule has 2 heterocycles. The highest BCUT2D eigenvalue weighted by Crippen LogP contribution is 2.33. The summed E-state index contributed by atoms with van der Waals surface area (Å²) in [5.74, 6) is 5.29. The number of nitrogens with zero attached hydrogens (tertiary/aromatic N) is 1. The first-order valence-corrected chi connectivity index (χ1v) is 10.9. The molecule has 2 fully saturated rings. The maximum atomic E-state index is 11.9. The number of hydrogen-bond acceptors (Lipinski definition) is 5. The molecule has 1 aromatic rings. The third-order valence-electron chi connectivity index (χ3n) is 4.63. The number of rotatable bonds is 5. The Bertz CT molecular complexity index is 660. The van der Waals surface area contributed by atoms with E-state index in [9.17, 15) is 4.79 Å². The van der Waals surface area contributed by atoms with Crippen LogP contribution < -0.4 is 15.4 Å². The summed E-state index contributed by atoms with van der Waals surface area (Å²) in [7, 11) is -0.201. The SMILES string of the molecule is C=S(c1ccc(OC2CNC2)cc1)N1CCC(NC(=O)OC(C)(C)C)CC1. The summed E-state index contributed by atoms with van der Waals surface area (Å²) in [6, 6.07) is 8.47. The quantitative estimate of drug-likeness (QED) is 0.753. The van der Waals surface area contributed by atoms with Crippen molar-refractivity contribution in [2.24, 2.45) is 0 Å². The number of hydrogen-bond donors (Lipinski definition) is 2. The highest BCUT2D eigenvalue weighted by atomic mass is 32.2. The standard InChI is InChI=1S/C20H31N3O3S/c1-20(2,3)26-19(24)22-15-9-11-23(12-10-15)27(4)18-7-5-16(6-8-18)25-17-13-21-14-17/h5-8,15,17,21H,4,9-14H2,1-3H3,(H,22,24). The first kappa shape index (κ1) is 20.2. The van der Waals surface area contributed by atoms with Crippen LogP contribution in [0, 0.1) is 0 Å². The minimum absolute atomic E-state index is 0.167. The molecule has 2 N–H and O–H groups in total.